The van der Waals surface area contributed by atoms with Gasteiger partial charge in [-0.2, -0.15) is 0 Å². The Morgan fingerprint density at radius 1 is 1.29 bits per heavy atom. The van der Waals surface area contributed by atoms with E-state index in [4.69, 9.17) is 0 Å². The maximum Gasteiger partial charge on any atom is 0.241 e. The summed E-state index contributed by atoms with van der Waals surface area (Å²) in [4.78, 5) is 0.297. The molecule has 0 bridgehead atoms. The molecule has 17 heavy (non-hydrogen) atoms. The molecule has 0 aliphatic rings. The van der Waals surface area contributed by atoms with Crippen molar-refractivity contribution in [1.29, 1.82) is 0 Å². The first kappa shape index (κ1) is 15.1. The predicted molar refractivity (Wildman–Crippen MR) is 77.5 cm³/mol. The quantitative estimate of drug-likeness (QED) is 0.793. The lowest BCUT2D eigenvalue weighted by atomic mass is 10.1. The Balaban J connectivity index is 3.05. The summed E-state index contributed by atoms with van der Waals surface area (Å²) in [6, 6.07) is 6.86. The molecule has 1 aromatic carbocycles. The summed E-state index contributed by atoms with van der Waals surface area (Å²) in [5, 5.41) is 1.08. The van der Waals surface area contributed by atoms with Crippen molar-refractivity contribution in [1.82, 2.24) is 4.72 Å². The van der Waals surface area contributed by atoms with Crippen molar-refractivity contribution in [2.24, 2.45) is 0 Å². The number of hydrogen-bond donors (Lipinski definition) is 1. The van der Waals surface area contributed by atoms with Crippen molar-refractivity contribution in [2.75, 3.05) is 10.7 Å². The van der Waals surface area contributed by atoms with E-state index in [-0.39, 0.29) is 0 Å². The van der Waals surface area contributed by atoms with E-state index in [0.717, 1.165) is 5.56 Å². The number of halogens is 2. The Kier molecular flexibility index (Phi) is 5.19. The highest BCUT2D eigenvalue weighted by atomic mass is 79.9. The molecule has 0 radical (unpaired) electrons. The molecule has 0 atom stereocenters. The highest BCUT2D eigenvalue weighted by Crippen LogP contribution is 2.17. The van der Waals surface area contributed by atoms with Crippen LogP contribution in [-0.4, -0.2) is 24.6 Å². The summed E-state index contributed by atoms with van der Waals surface area (Å²) >= 11 is 6.63. The van der Waals surface area contributed by atoms with Gasteiger partial charge in [-0.15, -0.1) is 0 Å². The predicted octanol–water partition coefficient (Wildman–Crippen LogP) is 2.82. The summed E-state index contributed by atoms with van der Waals surface area (Å²) in [7, 11) is -3.47. The van der Waals surface area contributed by atoms with Crippen LogP contribution in [0.25, 0.3) is 0 Å². The fraction of sp³-hybridized carbons (Fsp3) is 0.455. The Bertz CT molecular complexity index is 484. The fourth-order valence-corrected chi connectivity index (χ4v) is 4.35. The summed E-state index contributed by atoms with van der Waals surface area (Å²) < 4.78 is 27.0. The monoisotopic (exact) mass is 383 g/mol. The summed E-state index contributed by atoms with van der Waals surface area (Å²) in [6.45, 7) is 3.71. The van der Waals surface area contributed by atoms with Crippen LogP contribution >= 0.6 is 31.9 Å². The zero-order valence-electron chi connectivity index (χ0n) is 9.70. The standard InChI is InChI=1S/C11H15Br2NO2S/c1-9-4-3-5-10(6-9)17(15,16)14-11(2,7-12)8-13/h3-6,14H,7-8H2,1-2H3. The lowest BCUT2D eigenvalue weighted by Gasteiger charge is -2.26. The molecule has 1 rings (SSSR count). The maximum absolute atomic E-state index is 12.2. The van der Waals surface area contributed by atoms with Gasteiger partial charge in [0.2, 0.25) is 10.0 Å². The summed E-state index contributed by atoms with van der Waals surface area (Å²) in [5.41, 5.74) is 0.384. The third-order valence-corrected chi connectivity index (χ3v) is 6.38. The molecule has 0 spiro atoms. The van der Waals surface area contributed by atoms with Gasteiger partial charge in [0.25, 0.3) is 0 Å². The van der Waals surface area contributed by atoms with Gasteiger partial charge in [0.05, 0.1) is 4.90 Å². The first-order valence-electron chi connectivity index (χ1n) is 5.05. The Morgan fingerprint density at radius 2 is 1.88 bits per heavy atom. The number of rotatable bonds is 5. The largest absolute Gasteiger partial charge is 0.241 e. The van der Waals surface area contributed by atoms with Gasteiger partial charge in [0, 0.05) is 16.2 Å². The highest BCUT2D eigenvalue weighted by molar-refractivity contribution is 9.09. The zero-order chi connectivity index (χ0) is 13.1. The van der Waals surface area contributed by atoms with Crippen LogP contribution in [0.3, 0.4) is 0 Å². The second kappa shape index (κ2) is 5.82. The van der Waals surface area contributed by atoms with E-state index >= 15 is 0 Å². The van der Waals surface area contributed by atoms with Gasteiger partial charge >= 0.3 is 0 Å². The third-order valence-electron chi connectivity index (χ3n) is 2.27. The van der Waals surface area contributed by atoms with Crippen molar-refractivity contribution < 1.29 is 8.42 Å². The molecule has 0 heterocycles. The van der Waals surface area contributed by atoms with Gasteiger partial charge in [-0.3, -0.25) is 0 Å². The number of aryl methyl sites for hydroxylation is 1. The van der Waals surface area contributed by atoms with Crippen LogP contribution in [0.15, 0.2) is 29.2 Å². The van der Waals surface area contributed by atoms with Crippen LogP contribution in [0.2, 0.25) is 0 Å². The third kappa shape index (κ3) is 4.05. The molecule has 0 saturated heterocycles. The van der Waals surface area contributed by atoms with Crippen LogP contribution in [0, 0.1) is 6.92 Å². The minimum Gasteiger partial charge on any atom is -0.207 e. The average Bonchev–Trinajstić information content (AvgIpc) is 2.28. The van der Waals surface area contributed by atoms with Crippen molar-refractivity contribution in [2.45, 2.75) is 24.3 Å². The number of benzene rings is 1. The first-order chi connectivity index (χ1) is 7.83. The Labute approximate surface area is 119 Å². The zero-order valence-corrected chi connectivity index (χ0v) is 13.7. The first-order valence-corrected chi connectivity index (χ1v) is 8.78. The second-order valence-electron chi connectivity index (χ2n) is 4.25. The molecule has 0 aliphatic carbocycles. The molecule has 96 valence electrons. The van der Waals surface area contributed by atoms with Gasteiger partial charge in [-0.25, -0.2) is 13.1 Å². The van der Waals surface area contributed by atoms with E-state index in [0.29, 0.717) is 15.6 Å². The molecule has 0 amide bonds. The molecular formula is C11H15Br2NO2S. The van der Waals surface area contributed by atoms with Crippen LogP contribution in [0.1, 0.15) is 12.5 Å². The van der Waals surface area contributed by atoms with Gasteiger partial charge in [-0.05, 0) is 31.5 Å². The summed E-state index contributed by atoms with van der Waals surface area (Å²) in [5.74, 6) is 0. The lowest BCUT2D eigenvalue weighted by Crippen LogP contribution is -2.48. The topological polar surface area (TPSA) is 46.2 Å². The smallest absolute Gasteiger partial charge is 0.207 e. The van der Waals surface area contributed by atoms with Gasteiger partial charge in [0.15, 0.2) is 0 Å². The van der Waals surface area contributed by atoms with Crippen LogP contribution in [0.5, 0.6) is 0 Å². The van der Waals surface area contributed by atoms with Gasteiger partial charge in [-0.1, -0.05) is 44.0 Å². The fourth-order valence-electron chi connectivity index (χ4n) is 1.26. The second-order valence-corrected chi connectivity index (χ2v) is 7.05. The highest BCUT2D eigenvalue weighted by Gasteiger charge is 2.28. The molecule has 0 aromatic heterocycles. The van der Waals surface area contributed by atoms with Crippen LogP contribution in [0.4, 0.5) is 0 Å². The minimum absolute atomic E-state index is 0.297. The molecule has 6 heteroatoms. The number of alkyl halides is 2. The van der Waals surface area contributed by atoms with Crippen molar-refractivity contribution >= 4 is 41.9 Å². The Hall–Kier alpha value is 0.0900. The number of sulfonamides is 1. The van der Waals surface area contributed by atoms with Crippen LogP contribution < -0.4 is 4.72 Å². The normalized spacial score (nSPS) is 12.7. The Morgan fingerprint density at radius 3 is 2.35 bits per heavy atom. The minimum atomic E-state index is -3.47. The van der Waals surface area contributed by atoms with Crippen molar-refractivity contribution in [3.63, 3.8) is 0 Å². The maximum atomic E-state index is 12.2. The van der Waals surface area contributed by atoms with Gasteiger partial charge < -0.3 is 0 Å². The van der Waals surface area contributed by atoms with Crippen molar-refractivity contribution in [3.05, 3.63) is 29.8 Å². The van der Waals surface area contributed by atoms with Crippen LogP contribution in [-0.2, 0) is 10.0 Å². The lowest BCUT2D eigenvalue weighted by molar-refractivity contribution is 0.509. The molecule has 0 fully saturated rings. The molecule has 3 nitrogen and oxygen atoms in total. The molecule has 0 aliphatic heterocycles. The van der Waals surface area contributed by atoms with E-state index in [1.165, 1.54) is 0 Å². The molecule has 0 unspecified atom stereocenters. The summed E-state index contributed by atoms with van der Waals surface area (Å²) in [6.07, 6.45) is 0. The van der Waals surface area contributed by atoms with E-state index in [2.05, 4.69) is 36.6 Å². The SMILES string of the molecule is Cc1cccc(S(=O)(=O)NC(C)(CBr)CBr)c1. The van der Waals surface area contributed by atoms with E-state index < -0.39 is 15.6 Å². The number of hydrogen-bond acceptors (Lipinski definition) is 2. The molecule has 1 N–H and O–H groups in total. The van der Waals surface area contributed by atoms with E-state index in [9.17, 15) is 8.42 Å². The van der Waals surface area contributed by atoms with E-state index in [1.54, 1.807) is 18.2 Å². The number of nitrogens with one attached hydrogen (secondary N) is 1. The molecule has 1 aromatic rings. The molecular weight excluding hydrogens is 370 g/mol. The van der Waals surface area contributed by atoms with Gasteiger partial charge in [0.1, 0.15) is 0 Å². The average molecular weight is 385 g/mol. The molecule has 0 saturated carbocycles. The van der Waals surface area contributed by atoms with E-state index in [1.807, 2.05) is 19.9 Å². The van der Waals surface area contributed by atoms with Crippen molar-refractivity contribution in [3.8, 4) is 0 Å².